The smallest absolute Gasteiger partial charge is 0.337 e. The number of nitrogens with zero attached hydrogens (tertiary/aromatic N) is 2. The minimum absolute atomic E-state index is 0.0158. The zero-order chi connectivity index (χ0) is 21.0. The number of carbonyl (C=O) groups is 2. The van der Waals surface area contributed by atoms with Crippen molar-refractivity contribution in [2.75, 3.05) is 37.0 Å². The molecule has 6 heteroatoms. The molecule has 0 saturated carbocycles. The highest BCUT2D eigenvalue weighted by Crippen LogP contribution is 2.22. The molecule has 1 N–H and O–H groups in total. The van der Waals surface area contributed by atoms with Gasteiger partial charge >= 0.3 is 5.97 Å². The Morgan fingerprint density at radius 1 is 1.10 bits per heavy atom. The van der Waals surface area contributed by atoms with Crippen LogP contribution in [0.4, 0.5) is 11.4 Å². The van der Waals surface area contributed by atoms with Crippen LogP contribution in [0.15, 0.2) is 48.5 Å². The van der Waals surface area contributed by atoms with E-state index in [1.807, 2.05) is 50.2 Å². The summed E-state index contributed by atoms with van der Waals surface area (Å²) in [5, 5.41) is 3.06. The third-order valence-corrected chi connectivity index (χ3v) is 5.61. The summed E-state index contributed by atoms with van der Waals surface area (Å²) in [6.07, 6.45) is 0. The number of rotatable bonds is 5. The summed E-state index contributed by atoms with van der Waals surface area (Å²) in [7, 11) is 1.38. The quantitative estimate of drug-likeness (QED) is 0.787. The third-order valence-electron chi connectivity index (χ3n) is 5.61. The number of amides is 1. The van der Waals surface area contributed by atoms with Gasteiger partial charge in [0, 0.05) is 37.1 Å². The summed E-state index contributed by atoms with van der Waals surface area (Å²) >= 11 is 0. The number of methoxy groups -OCH3 is 1. The van der Waals surface area contributed by atoms with E-state index < -0.39 is 0 Å². The Labute approximate surface area is 172 Å². The molecule has 1 aliphatic rings. The Bertz CT molecular complexity index is 866. The number of aryl methyl sites for hydroxylation is 1. The van der Waals surface area contributed by atoms with Crippen LogP contribution in [-0.4, -0.2) is 55.6 Å². The molecule has 2 aromatic carbocycles. The monoisotopic (exact) mass is 395 g/mol. The molecule has 29 heavy (non-hydrogen) atoms. The van der Waals surface area contributed by atoms with E-state index >= 15 is 0 Å². The van der Waals surface area contributed by atoms with Gasteiger partial charge in [0.05, 0.1) is 18.7 Å². The fourth-order valence-electron chi connectivity index (χ4n) is 3.81. The molecule has 0 spiro atoms. The molecule has 0 aliphatic carbocycles. The highest BCUT2D eigenvalue weighted by Gasteiger charge is 2.31. The minimum Gasteiger partial charge on any atom is -0.465 e. The molecule has 6 nitrogen and oxygen atoms in total. The molecule has 3 rings (SSSR count). The summed E-state index contributed by atoms with van der Waals surface area (Å²) in [6.45, 7) is 8.54. The van der Waals surface area contributed by atoms with Gasteiger partial charge in [0.25, 0.3) is 0 Å². The molecule has 0 radical (unpaired) electrons. The molecule has 154 valence electrons. The molecule has 2 atom stereocenters. The highest BCUT2D eigenvalue weighted by molar-refractivity contribution is 5.95. The molecular formula is C23H29N3O3. The van der Waals surface area contributed by atoms with E-state index in [0.717, 1.165) is 36.6 Å². The molecule has 0 bridgehead atoms. The normalized spacial score (nSPS) is 18.2. The van der Waals surface area contributed by atoms with E-state index in [0.29, 0.717) is 5.56 Å². The largest absolute Gasteiger partial charge is 0.465 e. The molecule has 1 heterocycles. The van der Waals surface area contributed by atoms with Crippen LogP contribution in [0.5, 0.6) is 0 Å². The first kappa shape index (κ1) is 20.9. The van der Waals surface area contributed by atoms with Gasteiger partial charge < -0.3 is 15.0 Å². The first-order valence-electron chi connectivity index (χ1n) is 9.96. The number of esters is 1. The molecular weight excluding hydrogens is 366 g/mol. The van der Waals surface area contributed by atoms with Crippen LogP contribution in [0, 0.1) is 6.92 Å². The van der Waals surface area contributed by atoms with Gasteiger partial charge in [0.15, 0.2) is 0 Å². The van der Waals surface area contributed by atoms with E-state index in [2.05, 4.69) is 22.0 Å². The number of hydrogen-bond acceptors (Lipinski definition) is 5. The number of ether oxygens (including phenoxy) is 1. The van der Waals surface area contributed by atoms with Crippen LogP contribution in [0.1, 0.15) is 29.8 Å². The molecule has 1 fully saturated rings. The van der Waals surface area contributed by atoms with Gasteiger partial charge in [-0.3, -0.25) is 9.69 Å². The number of carbonyl (C=O) groups excluding carboxylic acids is 2. The molecule has 2 aromatic rings. The van der Waals surface area contributed by atoms with Crippen LogP contribution < -0.4 is 10.2 Å². The number of piperazine rings is 1. The predicted octanol–water partition coefficient (Wildman–Crippen LogP) is 3.32. The fourth-order valence-corrected chi connectivity index (χ4v) is 3.81. The second kappa shape index (κ2) is 9.09. The van der Waals surface area contributed by atoms with E-state index in [-0.39, 0.29) is 24.0 Å². The van der Waals surface area contributed by atoms with Gasteiger partial charge in [-0.1, -0.05) is 18.2 Å². The lowest BCUT2D eigenvalue weighted by molar-refractivity contribution is -0.121. The van der Waals surface area contributed by atoms with Crippen LogP contribution in [0.25, 0.3) is 0 Å². The van der Waals surface area contributed by atoms with Crippen molar-refractivity contribution in [3.05, 3.63) is 59.7 Å². The Kier molecular flexibility index (Phi) is 6.54. The van der Waals surface area contributed by atoms with E-state index in [1.54, 1.807) is 12.1 Å². The minimum atomic E-state index is -0.330. The number of nitrogens with one attached hydrogen (secondary N) is 1. The molecule has 0 aromatic heterocycles. The van der Waals surface area contributed by atoms with Crippen LogP contribution >= 0.6 is 0 Å². The van der Waals surface area contributed by atoms with Gasteiger partial charge in [-0.25, -0.2) is 4.79 Å². The van der Waals surface area contributed by atoms with Gasteiger partial charge in [-0.05, 0) is 56.7 Å². The number of anilines is 2. The predicted molar refractivity (Wildman–Crippen MR) is 115 cm³/mol. The van der Waals surface area contributed by atoms with E-state index in [4.69, 9.17) is 4.74 Å². The maximum Gasteiger partial charge on any atom is 0.337 e. The third kappa shape index (κ3) is 4.77. The maximum atomic E-state index is 12.8. The average Bonchev–Trinajstić information content (AvgIpc) is 2.74. The van der Waals surface area contributed by atoms with Crippen molar-refractivity contribution in [1.82, 2.24) is 4.90 Å². The zero-order valence-corrected chi connectivity index (χ0v) is 17.5. The summed E-state index contributed by atoms with van der Waals surface area (Å²) < 4.78 is 4.75. The van der Waals surface area contributed by atoms with Gasteiger partial charge in [0.2, 0.25) is 5.91 Å². The molecule has 1 saturated heterocycles. The average molecular weight is 396 g/mol. The van der Waals surface area contributed by atoms with Crippen molar-refractivity contribution < 1.29 is 14.3 Å². The second-order valence-corrected chi connectivity index (χ2v) is 7.55. The van der Waals surface area contributed by atoms with Crippen LogP contribution in [-0.2, 0) is 9.53 Å². The molecule has 1 amide bonds. The SMILES string of the molecule is COC(=O)c1ccc(N2CCN(C(C)C(=O)Nc3ccccc3C)C(C)C2)cc1. The summed E-state index contributed by atoms with van der Waals surface area (Å²) in [5.74, 6) is -0.315. The van der Waals surface area contributed by atoms with Crippen molar-refractivity contribution in [2.24, 2.45) is 0 Å². The van der Waals surface area contributed by atoms with Crippen molar-refractivity contribution >= 4 is 23.3 Å². The zero-order valence-electron chi connectivity index (χ0n) is 17.5. The lowest BCUT2D eigenvalue weighted by Gasteiger charge is -2.43. The Morgan fingerprint density at radius 2 is 1.79 bits per heavy atom. The van der Waals surface area contributed by atoms with Crippen molar-refractivity contribution in [3.8, 4) is 0 Å². The number of hydrogen-bond donors (Lipinski definition) is 1. The van der Waals surface area contributed by atoms with Crippen molar-refractivity contribution in [3.63, 3.8) is 0 Å². The van der Waals surface area contributed by atoms with Gasteiger partial charge in [-0.2, -0.15) is 0 Å². The summed E-state index contributed by atoms with van der Waals surface area (Å²) in [6, 6.07) is 15.3. The number of benzene rings is 2. The Morgan fingerprint density at radius 3 is 2.41 bits per heavy atom. The molecule has 2 unspecified atom stereocenters. The van der Waals surface area contributed by atoms with Crippen molar-refractivity contribution in [1.29, 1.82) is 0 Å². The topological polar surface area (TPSA) is 61.9 Å². The lowest BCUT2D eigenvalue weighted by Crippen LogP contribution is -2.57. The van der Waals surface area contributed by atoms with E-state index in [1.165, 1.54) is 7.11 Å². The van der Waals surface area contributed by atoms with Crippen molar-refractivity contribution in [2.45, 2.75) is 32.9 Å². The fraction of sp³-hybridized carbons (Fsp3) is 0.391. The second-order valence-electron chi connectivity index (χ2n) is 7.55. The Hall–Kier alpha value is -2.86. The highest BCUT2D eigenvalue weighted by atomic mass is 16.5. The first-order valence-corrected chi connectivity index (χ1v) is 9.96. The standard InChI is InChI=1S/C23H29N3O3/c1-16-7-5-6-8-21(16)24-22(27)18(3)26-14-13-25(15-17(26)2)20-11-9-19(10-12-20)23(28)29-4/h5-12,17-18H,13-15H2,1-4H3,(H,24,27). The van der Waals surface area contributed by atoms with Crippen LogP contribution in [0.2, 0.25) is 0 Å². The maximum absolute atomic E-state index is 12.8. The van der Waals surface area contributed by atoms with E-state index in [9.17, 15) is 9.59 Å². The van der Waals surface area contributed by atoms with Gasteiger partial charge in [-0.15, -0.1) is 0 Å². The summed E-state index contributed by atoms with van der Waals surface area (Å²) in [5.41, 5.74) is 3.54. The molecule has 1 aliphatic heterocycles. The number of para-hydroxylation sites is 1. The summed E-state index contributed by atoms with van der Waals surface area (Å²) in [4.78, 5) is 28.9. The lowest BCUT2D eigenvalue weighted by atomic mass is 10.1. The first-order chi connectivity index (χ1) is 13.9. The Balaban J connectivity index is 1.61. The van der Waals surface area contributed by atoms with Gasteiger partial charge in [0.1, 0.15) is 0 Å². The van der Waals surface area contributed by atoms with Crippen LogP contribution in [0.3, 0.4) is 0 Å².